The highest BCUT2D eigenvalue weighted by Gasteiger charge is 2.06. The van der Waals surface area contributed by atoms with Crippen molar-refractivity contribution in [2.75, 3.05) is 0 Å². The highest BCUT2D eigenvalue weighted by molar-refractivity contribution is 7.88. The Morgan fingerprint density at radius 1 is 0.941 bits per heavy atom. The van der Waals surface area contributed by atoms with Gasteiger partial charge in [0, 0.05) is 18.9 Å². The summed E-state index contributed by atoms with van der Waals surface area (Å²) in [5, 5.41) is 0. The van der Waals surface area contributed by atoms with Gasteiger partial charge in [0.15, 0.2) is 0 Å². The van der Waals surface area contributed by atoms with E-state index in [-0.39, 0.29) is 0 Å². The lowest BCUT2D eigenvalue weighted by Gasteiger charge is -1.88. The quantitative estimate of drug-likeness (QED) is 0.237. The minimum absolute atomic E-state index is 0.437. The fraction of sp³-hybridized carbons (Fsp3) is 0. The van der Waals surface area contributed by atoms with E-state index in [1.54, 1.807) is 12.2 Å². The fourth-order valence-corrected chi connectivity index (χ4v) is 0.776. The summed E-state index contributed by atoms with van der Waals surface area (Å²) >= 11 is 0. The normalized spacial score (nSPS) is 12.9. The monoisotopic (exact) mass is 256 g/mol. The predicted octanol–water partition coefficient (Wildman–Crippen LogP) is 1.10. The van der Waals surface area contributed by atoms with Crippen molar-refractivity contribution >= 4 is 21.8 Å². The largest absolute Gasteiger partial charge is 0.321 e. The Kier molecular flexibility index (Phi) is 5.75. The zero-order chi connectivity index (χ0) is 13.3. The van der Waals surface area contributed by atoms with Gasteiger partial charge in [-0.3, -0.25) is 9.59 Å². The van der Waals surface area contributed by atoms with E-state index < -0.39 is 21.8 Å². The predicted molar refractivity (Wildman–Crippen MR) is 55.5 cm³/mol. The second kappa shape index (κ2) is 6.80. The van der Waals surface area contributed by atoms with E-state index in [2.05, 4.69) is 9.04 Å². The third-order valence-corrected chi connectivity index (χ3v) is 1.69. The smallest absolute Gasteiger partial charge is 0.286 e. The molecule has 17 heavy (non-hydrogen) atoms. The Balaban J connectivity index is 0.000000302. The zero-order valence-electron chi connectivity index (χ0n) is 8.03. The Labute approximate surface area is 94.7 Å². The highest BCUT2D eigenvalue weighted by Crippen LogP contribution is 1.92. The third kappa shape index (κ3) is 6.47. The topological polar surface area (TPSA) is 166 Å². The first-order valence-corrected chi connectivity index (χ1v) is 5.13. The molecule has 0 radical (unpaired) electrons. The number of carbonyl (C=O) groups excluding carboxylic acids is 2. The number of nitrogens with zero attached hydrogens (tertiary/aromatic N) is 6. The van der Waals surface area contributed by atoms with Gasteiger partial charge >= 0.3 is 10.2 Å². The van der Waals surface area contributed by atoms with Gasteiger partial charge < -0.3 is 0 Å². The molecule has 0 aromatic heterocycles. The lowest BCUT2D eigenvalue weighted by Crippen LogP contribution is -2.08. The lowest BCUT2D eigenvalue weighted by atomic mass is 10.1. The number of hydrogen-bond acceptors (Lipinski definition) is 4. The van der Waals surface area contributed by atoms with E-state index in [1.165, 1.54) is 12.2 Å². The number of hydrogen-bond donors (Lipinski definition) is 0. The standard InChI is InChI=1S/C6H4O2.N6O2S/c7-5-3-1-2-4-6(5)8;1-3-5-9(7,8)6-4-2/h1-4H;. The molecule has 1 rings (SSSR count). The van der Waals surface area contributed by atoms with Crippen molar-refractivity contribution in [3.63, 3.8) is 0 Å². The molecule has 0 N–H and O–H groups in total. The summed E-state index contributed by atoms with van der Waals surface area (Å²) in [6, 6.07) is 0. The van der Waals surface area contributed by atoms with E-state index >= 15 is 0 Å². The van der Waals surface area contributed by atoms with Gasteiger partial charge in [-0.15, -0.1) is 0 Å². The molecule has 0 amide bonds. The SMILES string of the molecule is O=C1C=CC=CC1=O.[N-]=[N+]=NS(=O)(=O)N=[N+]=[N-]. The summed E-state index contributed by atoms with van der Waals surface area (Å²) in [5.74, 6) is -0.875. The van der Waals surface area contributed by atoms with Crippen LogP contribution in [0.5, 0.6) is 0 Å². The summed E-state index contributed by atoms with van der Waals surface area (Å²) in [5.41, 5.74) is 15.0. The summed E-state index contributed by atoms with van der Waals surface area (Å²) in [4.78, 5) is 24.4. The maximum atomic E-state index is 10.3. The van der Waals surface area contributed by atoms with Crippen LogP contribution in [0.3, 0.4) is 0 Å². The molecule has 0 aromatic carbocycles. The molecule has 10 nitrogen and oxygen atoms in total. The van der Waals surface area contributed by atoms with Crippen molar-refractivity contribution in [3.05, 3.63) is 45.2 Å². The number of azide groups is 1. The van der Waals surface area contributed by atoms with Crippen LogP contribution in [-0.2, 0) is 19.8 Å². The maximum Gasteiger partial charge on any atom is 0.321 e. The Morgan fingerprint density at radius 2 is 1.29 bits per heavy atom. The van der Waals surface area contributed by atoms with E-state index in [0.717, 1.165) is 0 Å². The molecule has 0 heterocycles. The van der Waals surface area contributed by atoms with E-state index in [0.29, 0.717) is 0 Å². The molecule has 1 aliphatic carbocycles. The van der Waals surface area contributed by atoms with Crippen molar-refractivity contribution in [3.8, 4) is 0 Å². The molecule has 0 saturated carbocycles. The van der Waals surface area contributed by atoms with Crippen LogP contribution in [0.1, 0.15) is 0 Å². The molecule has 0 saturated heterocycles. The van der Waals surface area contributed by atoms with Gasteiger partial charge in [-0.1, -0.05) is 12.2 Å². The van der Waals surface area contributed by atoms with Crippen molar-refractivity contribution in [2.45, 2.75) is 0 Å². The Bertz CT molecular complexity index is 530. The molecule has 0 unspecified atom stereocenters. The molecule has 11 heteroatoms. The van der Waals surface area contributed by atoms with Crippen LogP contribution in [0.25, 0.3) is 20.9 Å². The van der Waals surface area contributed by atoms with Gasteiger partial charge in [-0.2, -0.15) is 0 Å². The average molecular weight is 256 g/mol. The number of ketones is 2. The number of carbonyl (C=O) groups is 2. The van der Waals surface area contributed by atoms with Crippen LogP contribution < -0.4 is 0 Å². The van der Waals surface area contributed by atoms with Crippen LogP contribution in [0.15, 0.2) is 33.3 Å². The summed E-state index contributed by atoms with van der Waals surface area (Å²) in [6.07, 6.45) is 5.60. The second-order valence-electron chi connectivity index (χ2n) is 2.24. The summed E-state index contributed by atoms with van der Waals surface area (Å²) in [6.45, 7) is 0. The van der Waals surface area contributed by atoms with Crippen LogP contribution in [0, 0.1) is 0 Å². The van der Waals surface area contributed by atoms with Gasteiger partial charge in [0.05, 0.1) is 0 Å². The third-order valence-electron chi connectivity index (χ3n) is 1.13. The van der Waals surface area contributed by atoms with Crippen LogP contribution in [0.4, 0.5) is 0 Å². The molecule has 88 valence electrons. The van der Waals surface area contributed by atoms with Crippen molar-refractivity contribution in [1.29, 1.82) is 0 Å². The van der Waals surface area contributed by atoms with Gasteiger partial charge in [0.25, 0.3) is 0 Å². The van der Waals surface area contributed by atoms with E-state index in [9.17, 15) is 18.0 Å². The number of rotatable bonds is 2. The van der Waals surface area contributed by atoms with Gasteiger partial charge in [-0.25, -0.2) is 8.42 Å². The highest BCUT2D eigenvalue weighted by atomic mass is 32.2. The fourth-order valence-electron chi connectivity index (χ4n) is 0.559. The van der Waals surface area contributed by atoms with E-state index in [4.69, 9.17) is 11.1 Å². The molecule has 1 aliphatic rings. The lowest BCUT2D eigenvalue weighted by molar-refractivity contribution is -0.131. The summed E-state index contributed by atoms with van der Waals surface area (Å²) in [7, 11) is -4.27. The van der Waals surface area contributed by atoms with Crippen LogP contribution >= 0.6 is 0 Å². The van der Waals surface area contributed by atoms with Gasteiger partial charge in [0.2, 0.25) is 11.6 Å². The molecule has 0 atom stereocenters. The van der Waals surface area contributed by atoms with Gasteiger partial charge in [-0.05, 0) is 23.2 Å². The maximum absolute atomic E-state index is 10.3. The minimum atomic E-state index is -4.27. The van der Waals surface area contributed by atoms with E-state index in [1.807, 2.05) is 9.82 Å². The zero-order valence-corrected chi connectivity index (χ0v) is 8.85. The van der Waals surface area contributed by atoms with Crippen molar-refractivity contribution in [2.24, 2.45) is 9.04 Å². The molecule has 0 bridgehead atoms. The summed E-state index contributed by atoms with van der Waals surface area (Å²) < 4.78 is 24.3. The minimum Gasteiger partial charge on any atom is -0.286 e. The van der Waals surface area contributed by atoms with Gasteiger partial charge in [0.1, 0.15) is 0 Å². The number of allylic oxidation sites excluding steroid dienone is 4. The van der Waals surface area contributed by atoms with Crippen molar-refractivity contribution < 1.29 is 18.0 Å². The molecule has 0 aromatic rings. The van der Waals surface area contributed by atoms with Crippen LogP contribution in [-0.4, -0.2) is 20.0 Å². The van der Waals surface area contributed by atoms with Crippen LogP contribution in [0.2, 0.25) is 0 Å². The Morgan fingerprint density at radius 3 is 1.53 bits per heavy atom. The average Bonchev–Trinajstić information content (AvgIpc) is 2.23. The molecule has 0 spiro atoms. The second-order valence-corrected chi connectivity index (χ2v) is 3.46. The molecule has 0 fully saturated rings. The first-order valence-electron chi connectivity index (χ1n) is 3.73. The first-order chi connectivity index (χ1) is 7.93. The first kappa shape index (κ1) is 14.4. The van der Waals surface area contributed by atoms with Crippen molar-refractivity contribution in [1.82, 2.24) is 0 Å². The Hall–Kier alpha value is -2.61. The molecular formula is C6H4N6O4S. The molecule has 0 aliphatic heterocycles. The molecular weight excluding hydrogens is 252 g/mol.